The van der Waals surface area contributed by atoms with Gasteiger partial charge in [0.2, 0.25) is 5.91 Å². The molecule has 1 saturated heterocycles. The Balaban J connectivity index is 1.50. The monoisotopic (exact) mass is 379 g/mol. The Kier molecular flexibility index (Phi) is 5.26. The molecule has 26 heavy (non-hydrogen) atoms. The number of nitrogens with zero attached hydrogens (tertiary/aromatic N) is 1. The van der Waals surface area contributed by atoms with Crippen LogP contribution < -0.4 is 10.6 Å². The molecule has 1 aromatic rings. The van der Waals surface area contributed by atoms with Crippen LogP contribution in [-0.4, -0.2) is 47.9 Å². The zero-order valence-electron chi connectivity index (χ0n) is 14.5. The first-order chi connectivity index (χ1) is 12.5. The first kappa shape index (κ1) is 18.4. The fourth-order valence-electron chi connectivity index (χ4n) is 3.47. The highest BCUT2D eigenvalue weighted by molar-refractivity contribution is 7.12. The summed E-state index contributed by atoms with van der Waals surface area (Å²) >= 11 is 1.18. The number of anilines is 1. The maximum absolute atomic E-state index is 12.5. The number of carbonyl (C=O) groups excluding carboxylic acids is 4. The molecular formula is C17H21N3O5S. The minimum atomic E-state index is -0.717. The van der Waals surface area contributed by atoms with Crippen LogP contribution in [0.5, 0.6) is 0 Å². The second-order valence-electron chi connectivity index (χ2n) is 6.48. The first-order valence-corrected chi connectivity index (χ1v) is 9.44. The van der Waals surface area contributed by atoms with E-state index in [0.717, 1.165) is 12.8 Å². The van der Waals surface area contributed by atoms with E-state index in [4.69, 9.17) is 0 Å². The van der Waals surface area contributed by atoms with Crippen LogP contribution >= 0.6 is 11.3 Å². The summed E-state index contributed by atoms with van der Waals surface area (Å²) in [4.78, 5) is 49.8. The third kappa shape index (κ3) is 3.44. The molecule has 4 amide bonds. The standard InChI is InChI=1S/C17H21N3O5S/c1-25-14(22)13-11(6-10-26-13)18-12(21)5-4-9-20-15(23)17(19-16(20)24)7-2-3-8-17/h6,10H,2-5,7-9H2,1H3,(H,18,21)(H,19,24). The lowest BCUT2D eigenvalue weighted by molar-refractivity contribution is -0.131. The zero-order valence-corrected chi connectivity index (χ0v) is 15.3. The van der Waals surface area contributed by atoms with Crippen molar-refractivity contribution in [1.29, 1.82) is 0 Å². The molecule has 140 valence electrons. The van der Waals surface area contributed by atoms with E-state index in [2.05, 4.69) is 15.4 Å². The highest BCUT2D eigenvalue weighted by Crippen LogP contribution is 2.35. The Morgan fingerprint density at radius 2 is 2.08 bits per heavy atom. The topological polar surface area (TPSA) is 105 Å². The van der Waals surface area contributed by atoms with Gasteiger partial charge in [-0.2, -0.15) is 0 Å². The van der Waals surface area contributed by atoms with Crippen molar-refractivity contribution in [3.05, 3.63) is 16.3 Å². The quantitative estimate of drug-likeness (QED) is 0.582. The molecule has 9 heteroatoms. The predicted octanol–water partition coefficient (Wildman–Crippen LogP) is 2.12. The highest BCUT2D eigenvalue weighted by Gasteiger charge is 2.52. The Hall–Kier alpha value is -2.42. The number of rotatable bonds is 6. The summed E-state index contributed by atoms with van der Waals surface area (Å²) in [6.45, 7) is 0.202. The predicted molar refractivity (Wildman–Crippen MR) is 95.0 cm³/mol. The van der Waals surface area contributed by atoms with Crippen molar-refractivity contribution in [1.82, 2.24) is 10.2 Å². The van der Waals surface area contributed by atoms with Gasteiger partial charge in [-0.1, -0.05) is 12.8 Å². The van der Waals surface area contributed by atoms with Crippen LogP contribution in [0.1, 0.15) is 48.2 Å². The molecule has 0 radical (unpaired) electrons. The molecular weight excluding hydrogens is 358 g/mol. The second kappa shape index (κ2) is 7.45. The summed E-state index contributed by atoms with van der Waals surface area (Å²) in [5, 5.41) is 7.18. The molecule has 0 aromatic carbocycles. The van der Waals surface area contributed by atoms with E-state index in [9.17, 15) is 19.2 Å². The van der Waals surface area contributed by atoms with E-state index in [1.165, 1.54) is 23.3 Å². The first-order valence-electron chi connectivity index (χ1n) is 8.56. The van der Waals surface area contributed by atoms with Gasteiger partial charge in [-0.25, -0.2) is 9.59 Å². The zero-order chi connectivity index (χ0) is 18.7. The van der Waals surface area contributed by atoms with Gasteiger partial charge in [0, 0.05) is 13.0 Å². The van der Waals surface area contributed by atoms with Crippen molar-refractivity contribution < 1.29 is 23.9 Å². The van der Waals surface area contributed by atoms with E-state index >= 15 is 0 Å². The largest absolute Gasteiger partial charge is 0.465 e. The highest BCUT2D eigenvalue weighted by atomic mass is 32.1. The lowest BCUT2D eigenvalue weighted by atomic mass is 9.98. The molecule has 1 aliphatic heterocycles. The maximum atomic E-state index is 12.5. The Labute approximate surface area is 154 Å². The van der Waals surface area contributed by atoms with Crippen molar-refractivity contribution in [3.63, 3.8) is 0 Å². The molecule has 2 fully saturated rings. The molecule has 0 bridgehead atoms. The minimum absolute atomic E-state index is 0.139. The summed E-state index contributed by atoms with van der Waals surface area (Å²) in [5.74, 6) is -0.959. The van der Waals surface area contributed by atoms with Crippen molar-refractivity contribution in [3.8, 4) is 0 Å². The molecule has 1 saturated carbocycles. The van der Waals surface area contributed by atoms with Gasteiger partial charge < -0.3 is 15.4 Å². The summed E-state index contributed by atoms with van der Waals surface area (Å²) < 4.78 is 4.67. The van der Waals surface area contributed by atoms with Crippen LogP contribution in [0.3, 0.4) is 0 Å². The Bertz CT molecular complexity index is 739. The molecule has 2 heterocycles. The summed E-state index contributed by atoms with van der Waals surface area (Å²) in [5.41, 5.74) is -0.308. The van der Waals surface area contributed by atoms with Crippen LogP contribution in [-0.2, 0) is 14.3 Å². The molecule has 2 N–H and O–H groups in total. The fourth-order valence-corrected chi connectivity index (χ4v) is 4.23. The lowest BCUT2D eigenvalue weighted by Gasteiger charge is -2.19. The van der Waals surface area contributed by atoms with Crippen LogP contribution in [0.2, 0.25) is 0 Å². The van der Waals surface area contributed by atoms with Gasteiger partial charge in [-0.3, -0.25) is 14.5 Å². The van der Waals surface area contributed by atoms with E-state index in [0.29, 0.717) is 29.8 Å². The van der Waals surface area contributed by atoms with Crippen LogP contribution in [0.25, 0.3) is 0 Å². The van der Waals surface area contributed by atoms with Crippen LogP contribution in [0.15, 0.2) is 11.4 Å². The summed E-state index contributed by atoms with van der Waals surface area (Å²) in [7, 11) is 1.28. The number of hydrogen-bond donors (Lipinski definition) is 2. The average molecular weight is 379 g/mol. The number of esters is 1. The van der Waals surface area contributed by atoms with E-state index in [1.807, 2.05) is 0 Å². The van der Waals surface area contributed by atoms with Crippen molar-refractivity contribution in [2.45, 2.75) is 44.1 Å². The molecule has 1 aliphatic carbocycles. The molecule has 2 aliphatic rings. The van der Waals surface area contributed by atoms with Crippen molar-refractivity contribution in [2.24, 2.45) is 0 Å². The normalized spacial score (nSPS) is 18.3. The molecule has 1 aromatic heterocycles. The number of carbonyl (C=O) groups is 4. The van der Waals surface area contributed by atoms with Crippen molar-refractivity contribution in [2.75, 3.05) is 19.0 Å². The third-order valence-electron chi connectivity index (χ3n) is 4.80. The number of urea groups is 1. The number of thiophene rings is 1. The second-order valence-corrected chi connectivity index (χ2v) is 7.40. The van der Waals surface area contributed by atoms with E-state index in [1.54, 1.807) is 11.4 Å². The smallest absolute Gasteiger partial charge is 0.350 e. The number of ether oxygens (including phenoxy) is 1. The van der Waals surface area contributed by atoms with Gasteiger partial charge in [-0.15, -0.1) is 11.3 Å². The third-order valence-corrected chi connectivity index (χ3v) is 5.69. The van der Waals surface area contributed by atoms with E-state index in [-0.39, 0.29) is 30.8 Å². The number of hydrogen-bond acceptors (Lipinski definition) is 6. The molecule has 0 unspecified atom stereocenters. The molecule has 8 nitrogen and oxygen atoms in total. The lowest BCUT2D eigenvalue weighted by Crippen LogP contribution is -2.44. The number of nitrogens with one attached hydrogen (secondary N) is 2. The minimum Gasteiger partial charge on any atom is -0.465 e. The van der Waals surface area contributed by atoms with Crippen LogP contribution in [0.4, 0.5) is 10.5 Å². The molecule has 1 spiro atoms. The van der Waals surface area contributed by atoms with Gasteiger partial charge in [0.1, 0.15) is 10.4 Å². The van der Waals surface area contributed by atoms with Crippen LogP contribution in [0, 0.1) is 0 Å². The maximum Gasteiger partial charge on any atom is 0.350 e. The Morgan fingerprint density at radius 1 is 1.35 bits per heavy atom. The van der Waals surface area contributed by atoms with Gasteiger partial charge in [0.15, 0.2) is 0 Å². The Morgan fingerprint density at radius 3 is 2.77 bits per heavy atom. The summed E-state index contributed by atoms with van der Waals surface area (Å²) in [6, 6.07) is 1.26. The molecule has 0 atom stereocenters. The van der Waals surface area contributed by atoms with Gasteiger partial charge >= 0.3 is 12.0 Å². The SMILES string of the molecule is COC(=O)c1sccc1NC(=O)CCCN1C(=O)NC2(CCCC2)C1=O. The molecule has 3 rings (SSSR count). The van der Waals surface area contributed by atoms with Crippen molar-refractivity contribution >= 4 is 40.8 Å². The summed E-state index contributed by atoms with van der Waals surface area (Å²) in [6.07, 6.45) is 3.74. The van der Waals surface area contributed by atoms with Gasteiger partial charge in [-0.05, 0) is 30.7 Å². The number of imide groups is 1. The van der Waals surface area contributed by atoms with Gasteiger partial charge in [0.05, 0.1) is 12.8 Å². The number of methoxy groups -OCH3 is 1. The van der Waals surface area contributed by atoms with E-state index < -0.39 is 11.5 Å². The average Bonchev–Trinajstić information content (AvgIpc) is 3.31. The fraction of sp³-hybridized carbons (Fsp3) is 0.529. The van der Waals surface area contributed by atoms with Gasteiger partial charge in [0.25, 0.3) is 5.91 Å². The number of amides is 4.